The lowest BCUT2D eigenvalue weighted by atomic mass is 10.1. The molecule has 164 valence electrons. The zero-order chi connectivity index (χ0) is 22.9. The van der Waals surface area contributed by atoms with E-state index in [9.17, 15) is 35.9 Å². The van der Waals surface area contributed by atoms with Crippen LogP contribution in [0.2, 0.25) is 0 Å². The van der Waals surface area contributed by atoms with Gasteiger partial charge in [0.1, 0.15) is 11.5 Å². The van der Waals surface area contributed by atoms with Crippen LogP contribution >= 0.6 is 0 Å². The number of rotatable bonds is 6. The van der Waals surface area contributed by atoms with E-state index < -0.39 is 24.6 Å². The van der Waals surface area contributed by atoms with Crippen LogP contribution in [0.25, 0.3) is 0 Å². The van der Waals surface area contributed by atoms with E-state index in [0.29, 0.717) is 11.1 Å². The zero-order valence-corrected chi connectivity index (χ0v) is 15.0. The second-order valence-corrected chi connectivity index (χ2v) is 5.60. The minimum Gasteiger partial charge on any atom is -0.481 e. The Morgan fingerprint density at radius 1 is 0.733 bits per heavy atom. The maximum absolute atomic E-state index is 11.8. The number of alkyl halides is 6. The Morgan fingerprint density at radius 2 is 1.07 bits per heavy atom. The molecule has 0 aromatic heterocycles. The summed E-state index contributed by atoms with van der Waals surface area (Å²) in [4.78, 5) is 20.8. The van der Waals surface area contributed by atoms with Gasteiger partial charge in [-0.3, -0.25) is 9.59 Å². The molecule has 2 aromatic rings. The van der Waals surface area contributed by atoms with Gasteiger partial charge in [-0.2, -0.15) is 0 Å². The molecule has 0 heterocycles. The Labute approximate surface area is 165 Å². The fourth-order valence-electron chi connectivity index (χ4n) is 1.99. The van der Waals surface area contributed by atoms with Crippen molar-refractivity contribution in [3.05, 3.63) is 59.7 Å². The van der Waals surface area contributed by atoms with Crippen LogP contribution in [0.15, 0.2) is 48.5 Å². The fraction of sp³-hybridized carbons (Fsp3) is 0.222. The highest BCUT2D eigenvalue weighted by molar-refractivity contribution is 5.76. The summed E-state index contributed by atoms with van der Waals surface area (Å²) < 4.78 is 77.7. The maximum Gasteiger partial charge on any atom is 0.573 e. The molecule has 0 atom stereocenters. The average molecular weight is 439 g/mol. The van der Waals surface area contributed by atoms with E-state index in [1.54, 1.807) is 0 Å². The van der Waals surface area contributed by atoms with Gasteiger partial charge in [0.25, 0.3) is 0 Å². The molecular weight excluding hydrogens is 424 g/mol. The van der Waals surface area contributed by atoms with Crippen LogP contribution in [-0.4, -0.2) is 29.7 Å². The molecule has 1 amide bonds. The number of hydrogen-bond donors (Lipinski definition) is 2. The predicted octanol–water partition coefficient (Wildman–Crippen LogP) is 3.83. The molecule has 0 aliphatic carbocycles. The molecular formula is C18H15F6NO5. The van der Waals surface area contributed by atoms with Crippen molar-refractivity contribution in [2.45, 2.75) is 25.6 Å². The molecule has 2 rings (SSSR count). The fourth-order valence-corrected chi connectivity index (χ4v) is 1.99. The van der Waals surface area contributed by atoms with Crippen molar-refractivity contribution in [3.8, 4) is 11.5 Å². The minimum absolute atomic E-state index is 0.00764. The molecule has 0 saturated heterocycles. The van der Waals surface area contributed by atoms with Crippen LogP contribution in [0.4, 0.5) is 26.3 Å². The molecule has 12 heteroatoms. The van der Waals surface area contributed by atoms with Crippen LogP contribution in [0.3, 0.4) is 0 Å². The summed E-state index contributed by atoms with van der Waals surface area (Å²) in [5, 5.41) is 8.41. The lowest BCUT2D eigenvalue weighted by molar-refractivity contribution is -0.275. The van der Waals surface area contributed by atoms with E-state index >= 15 is 0 Å². The number of primary amides is 1. The molecule has 6 nitrogen and oxygen atoms in total. The molecule has 0 aliphatic heterocycles. The van der Waals surface area contributed by atoms with Crippen LogP contribution in [-0.2, 0) is 22.4 Å². The van der Waals surface area contributed by atoms with Crippen LogP contribution in [0, 0.1) is 0 Å². The number of amides is 1. The molecule has 0 unspecified atom stereocenters. The van der Waals surface area contributed by atoms with E-state index in [0.717, 1.165) is 24.3 Å². The van der Waals surface area contributed by atoms with E-state index in [2.05, 4.69) is 9.47 Å². The number of carboxylic acid groups (broad SMARTS) is 1. The topological polar surface area (TPSA) is 98.9 Å². The third-order valence-corrected chi connectivity index (χ3v) is 3.05. The summed E-state index contributed by atoms with van der Waals surface area (Å²) in [6.07, 6.45) is -9.67. The largest absolute Gasteiger partial charge is 0.573 e. The first-order valence-electron chi connectivity index (χ1n) is 7.93. The normalized spacial score (nSPS) is 11.1. The second-order valence-electron chi connectivity index (χ2n) is 5.60. The number of carboxylic acids is 1. The summed E-state index contributed by atoms with van der Waals surface area (Å²) in [7, 11) is 0. The maximum atomic E-state index is 11.8. The Balaban J connectivity index is 0.000000300. The number of carbonyl (C=O) groups excluding carboxylic acids is 1. The highest BCUT2D eigenvalue weighted by atomic mass is 19.4. The minimum atomic E-state index is -4.73. The van der Waals surface area contributed by atoms with Crippen LogP contribution < -0.4 is 15.2 Å². The number of aliphatic carboxylic acids is 1. The third kappa shape index (κ3) is 11.4. The van der Waals surface area contributed by atoms with Crippen molar-refractivity contribution < 1.29 is 50.5 Å². The van der Waals surface area contributed by atoms with Gasteiger partial charge < -0.3 is 20.3 Å². The molecule has 0 aliphatic rings. The van der Waals surface area contributed by atoms with Crippen molar-refractivity contribution in [1.82, 2.24) is 0 Å². The predicted molar refractivity (Wildman–Crippen MR) is 90.5 cm³/mol. The zero-order valence-electron chi connectivity index (χ0n) is 15.0. The number of carbonyl (C=O) groups is 2. The quantitative estimate of drug-likeness (QED) is 0.667. The Bertz CT molecular complexity index is 761. The number of benzene rings is 2. The van der Waals surface area contributed by atoms with Gasteiger partial charge >= 0.3 is 18.7 Å². The summed E-state index contributed by atoms with van der Waals surface area (Å²) in [6.45, 7) is 0. The van der Waals surface area contributed by atoms with Gasteiger partial charge in [0.15, 0.2) is 0 Å². The molecule has 0 fully saturated rings. The van der Waals surface area contributed by atoms with Gasteiger partial charge in [0.2, 0.25) is 5.91 Å². The Hall–Kier alpha value is -3.44. The average Bonchev–Trinajstić information content (AvgIpc) is 2.55. The second kappa shape index (κ2) is 10.4. The Kier molecular flexibility index (Phi) is 8.50. The molecule has 0 bridgehead atoms. The monoisotopic (exact) mass is 439 g/mol. The summed E-state index contributed by atoms with van der Waals surface area (Å²) in [5.74, 6) is -2.27. The molecule has 3 N–H and O–H groups in total. The first kappa shape index (κ1) is 24.6. The van der Waals surface area contributed by atoms with Crippen LogP contribution in [0.5, 0.6) is 11.5 Å². The third-order valence-electron chi connectivity index (χ3n) is 3.05. The van der Waals surface area contributed by atoms with Crippen molar-refractivity contribution in [2.24, 2.45) is 5.73 Å². The standard InChI is InChI=1S/C9H8F3NO2.C9H7F3O3/c2*10-9(11,12)15-7-3-1-6(2-4-7)5-8(13)14/h1-4H,5H2,(H2,13,14);1-4H,5H2,(H,13,14). The van der Waals surface area contributed by atoms with Gasteiger partial charge in [-0.1, -0.05) is 24.3 Å². The first-order chi connectivity index (χ1) is 13.7. The SMILES string of the molecule is NC(=O)Cc1ccc(OC(F)(F)F)cc1.O=C(O)Cc1ccc(OC(F)(F)F)cc1. The molecule has 0 radical (unpaired) electrons. The summed E-state index contributed by atoms with van der Waals surface area (Å²) in [5.41, 5.74) is 5.87. The van der Waals surface area contributed by atoms with Gasteiger partial charge in [-0.05, 0) is 35.4 Å². The van der Waals surface area contributed by atoms with E-state index in [-0.39, 0.29) is 24.3 Å². The van der Waals surface area contributed by atoms with E-state index in [4.69, 9.17) is 10.8 Å². The number of nitrogens with two attached hydrogens (primary N) is 1. The van der Waals surface area contributed by atoms with E-state index in [1.165, 1.54) is 24.3 Å². The Morgan fingerprint density at radius 3 is 1.33 bits per heavy atom. The van der Waals surface area contributed by atoms with Gasteiger partial charge in [-0.25, -0.2) is 0 Å². The summed E-state index contributed by atoms with van der Waals surface area (Å²) >= 11 is 0. The van der Waals surface area contributed by atoms with Crippen molar-refractivity contribution in [3.63, 3.8) is 0 Å². The number of ether oxygens (including phenoxy) is 2. The highest BCUT2D eigenvalue weighted by Crippen LogP contribution is 2.23. The van der Waals surface area contributed by atoms with Gasteiger partial charge in [0, 0.05) is 0 Å². The van der Waals surface area contributed by atoms with Gasteiger partial charge in [-0.15, -0.1) is 26.3 Å². The summed E-state index contributed by atoms with van der Waals surface area (Å²) in [6, 6.07) is 9.66. The van der Waals surface area contributed by atoms with E-state index in [1.807, 2.05) is 0 Å². The molecule has 30 heavy (non-hydrogen) atoms. The lowest BCUT2D eigenvalue weighted by Gasteiger charge is -2.08. The van der Waals surface area contributed by atoms with Crippen molar-refractivity contribution in [1.29, 1.82) is 0 Å². The molecule has 2 aromatic carbocycles. The first-order valence-corrected chi connectivity index (χ1v) is 7.93. The lowest BCUT2D eigenvalue weighted by Crippen LogP contribution is -2.17. The molecule has 0 saturated carbocycles. The smallest absolute Gasteiger partial charge is 0.481 e. The number of hydrogen-bond acceptors (Lipinski definition) is 4. The highest BCUT2D eigenvalue weighted by Gasteiger charge is 2.31. The number of halogens is 6. The van der Waals surface area contributed by atoms with Gasteiger partial charge in [0.05, 0.1) is 12.8 Å². The van der Waals surface area contributed by atoms with Crippen molar-refractivity contribution >= 4 is 11.9 Å². The molecule has 0 spiro atoms. The van der Waals surface area contributed by atoms with Crippen LogP contribution in [0.1, 0.15) is 11.1 Å². The van der Waals surface area contributed by atoms with Crippen molar-refractivity contribution in [2.75, 3.05) is 0 Å².